The van der Waals surface area contributed by atoms with Gasteiger partial charge in [-0.25, -0.2) is 9.89 Å². The lowest BCUT2D eigenvalue weighted by Crippen LogP contribution is -2.20. The van der Waals surface area contributed by atoms with Crippen LogP contribution in [0.25, 0.3) is 0 Å². The highest BCUT2D eigenvalue weighted by Gasteiger charge is 2.12. The molecule has 0 aliphatic carbocycles. The highest BCUT2D eigenvalue weighted by atomic mass is 127. The molecule has 0 fully saturated rings. The Morgan fingerprint density at radius 3 is 2.65 bits per heavy atom. The summed E-state index contributed by atoms with van der Waals surface area (Å²) in [6, 6.07) is 17.5. The minimum Gasteiger partial charge on any atom is -0.324 e. The van der Waals surface area contributed by atoms with E-state index in [1.165, 1.54) is 11.8 Å². The Balaban J connectivity index is 1.59. The van der Waals surface area contributed by atoms with Crippen LogP contribution in [0.2, 0.25) is 0 Å². The number of aromatic amines is 1. The minimum absolute atomic E-state index is 0.135. The number of halogens is 1. The summed E-state index contributed by atoms with van der Waals surface area (Å²) in [6.07, 6.45) is 0.724. The van der Waals surface area contributed by atoms with E-state index in [0.717, 1.165) is 21.2 Å². The van der Waals surface area contributed by atoms with E-state index in [4.69, 9.17) is 0 Å². The number of hydrogen-bond acceptors (Lipinski definition) is 4. The summed E-state index contributed by atoms with van der Waals surface area (Å²) in [6.45, 7) is 0.514. The highest BCUT2D eigenvalue weighted by molar-refractivity contribution is 14.1. The van der Waals surface area contributed by atoms with Crippen molar-refractivity contribution in [2.45, 2.75) is 18.1 Å². The lowest BCUT2D eigenvalue weighted by Gasteiger charge is -2.08. The summed E-state index contributed by atoms with van der Waals surface area (Å²) >= 11 is 3.42. The number of nitrogens with one attached hydrogen (secondary N) is 2. The first kappa shape index (κ1) is 18.7. The van der Waals surface area contributed by atoms with Crippen LogP contribution in [0.15, 0.2) is 64.5 Å². The molecule has 8 heteroatoms. The van der Waals surface area contributed by atoms with Gasteiger partial charge in [-0.05, 0) is 46.7 Å². The SMILES string of the molecule is O=C(CSc1n[nH]c(=O)n1CCc1ccccc1)Nc1ccccc1I. The predicted molar refractivity (Wildman–Crippen MR) is 112 cm³/mol. The molecule has 0 bridgehead atoms. The lowest BCUT2D eigenvalue weighted by atomic mass is 10.1. The molecule has 0 saturated heterocycles. The zero-order valence-corrected chi connectivity index (χ0v) is 16.8. The second kappa shape index (κ2) is 9.04. The predicted octanol–water partition coefficient (Wildman–Crippen LogP) is 3.15. The average Bonchev–Trinajstić information content (AvgIpc) is 3.01. The van der Waals surface area contributed by atoms with Gasteiger partial charge in [0.15, 0.2) is 5.16 Å². The number of nitrogens with zero attached hydrogens (tertiary/aromatic N) is 2. The summed E-state index contributed by atoms with van der Waals surface area (Å²) in [4.78, 5) is 24.1. The highest BCUT2D eigenvalue weighted by Crippen LogP contribution is 2.19. The van der Waals surface area contributed by atoms with Crippen molar-refractivity contribution in [3.8, 4) is 0 Å². The van der Waals surface area contributed by atoms with Crippen molar-refractivity contribution in [2.75, 3.05) is 11.1 Å². The summed E-state index contributed by atoms with van der Waals surface area (Å²) in [7, 11) is 0. The van der Waals surface area contributed by atoms with Gasteiger partial charge in [0.2, 0.25) is 5.91 Å². The summed E-state index contributed by atoms with van der Waals surface area (Å²) in [5, 5.41) is 9.88. The molecule has 0 spiro atoms. The first-order chi connectivity index (χ1) is 12.6. The van der Waals surface area contributed by atoms with Crippen LogP contribution in [0.1, 0.15) is 5.56 Å². The second-order valence-electron chi connectivity index (χ2n) is 5.52. The fourth-order valence-electron chi connectivity index (χ4n) is 2.38. The van der Waals surface area contributed by atoms with Crippen LogP contribution >= 0.6 is 34.4 Å². The molecule has 6 nitrogen and oxygen atoms in total. The number of para-hydroxylation sites is 1. The average molecular weight is 480 g/mol. The van der Waals surface area contributed by atoms with Crippen molar-refractivity contribution in [3.05, 3.63) is 74.2 Å². The minimum atomic E-state index is -0.263. The molecule has 0 aliphatic rings. The molecule has 2 aromatic carbocycles. The number of aromatic nitrogens is 3. The van der Waals surface area contributed by atoms with E-state index in [-0.39, 0.29) is 17.3 Å². The molecule has 0 unspecified atom stereocenters. The quantitative estimate of drug-likeness (QED) is 0.403. The summed E-state index contributed by atoms with van der Waals surface area (Å²) in [5.41, 5.74) is 1.66. The molecule has 3 rings (SSSR count). The molecule has 26 heavy (non-hydrogen) atoms. The molecular weight excluding hydrogens is 463 g/mol. The Labute approximate surface area is 168 Å². The number of thioether (sulfide) groups is 1. The fraction of sp³-hybridized carbons (Fsp3) is 0.167. The number of carbonyl (C=O) groups excluding carboxylic acids is 1. The first-order valence-corrected chi connectivity index (χ1v) is 10.1. The van der Waals surface area contributed by atoms with Crippen LogP contribution in [0, 0.1) is 3.57 Å². The molecule has 3 aromatic rings. The zero-order chi connectivity index (χ0) is 18.4. The van der Waals surface area contributed by atoms with Gasteiger partial charge in [-0.3, -0.25) is 9.36 Å². The number of rotatable bonds is 7. The molecule has 1 heterocycles. The van der Waals surface area contributed by atoms with Gasteiger partial charge in [0.05, 0.1) is 11.4 Å². The van der Waals surface area contributed by atoms with E-state index in [2.05, 4.69) is 38.1 Å². The Kier molecular flexibility index (Phi) is 6.51. The molecule has 2 N–H and O–H groups in total. The Hall–Kier alpha value is -2.07. The maximum Gasteiger partial charge on any atom is 0.343 e. The number of hydrogen-bond donors (Lipinski definition) is 2. The van der Waals surface area contributed by atoms with Crippen molar-refractivity contribution >= 4 is 45.9 Å². The van der Waals surface area contributed by atoms with Gasteiger partial charge in [-0.1, -0.05) is 54.2 Å². The summed E-state index contributed by atoms with van der Waals surface area (Å²) in [5.74, 6) is 0.0461. The molecule has 0 atom stereocenters. The second-order valence-corrected chi connectivity index (χ2v) is 7.62. The van der Waals surface area contributed by atoms with Crippen molar-refractivity contribution in [3.63, 3.8) is 0 Å². The third kappa shape index (κ3) is 4.98. The van der Waals surface area contributed by atoms with Gasteiger partial charge in [0.1, 0.15) is 0 Å². The van der Waals surface area contributed by atoms with E-state index >= 15 is 0 Å². The standard InChI is InChI=1S/C18H17IN4O2S/c19-14-8-4-5-9-15(14)20-16(24)12-26-18-22-21-17(25)23(18)11-10-13-6-2-1-3-7-13/h1-9H,10-12H2,(H,20,24)(H,21,25). The molecule has 1 amide bonds. The van der Waals surface area contributed by atoms with E-state index in [9.17, 15) is 9.59 Å². The van der Waals surface area contributed by atoms with Gasteiger partial charge < -0.3 is 5.32 Å². The van der Waals surface area contributed by atoms with Crippen LogP contribution in [0.4, 0.5) is 5.69 Å². The molecular formula is C18H17IN4O2S. The van der Waals surface area contributed by atoms with Crippen molar-refractivity contribution in [2.24, 2.45) is 0 Å². The van der Waals surface area contributed by atoms with Crippen LogP contribution in [0.3, 0.4) is 0 Å². The zero-order valence-electron chi connectivity index (χ0n) is 13.8. The lowest BCUT2D eigenvalue weighted by molar-refractivity contribution is -0.113. The maximum atomic E-state index is 12.2. The number of benzene rings is 2. The Morgan fingerprint density at radius 2 is 1.88 bits per heavy atom. The molecule has 134 valence electrons. The van der Waals surface area contributed by atoms with Crippen molar-refractivity contribution in [1.82, 2.24) is 14.8 Å². The largest absolute Gasteiger partial charge is 0.343 e. The number of amides is 1. The summed E-state index contributed by atoms with van der Waals surface area (Å²) < 4.78 is 2.54. The number of anilines is 1. The third-order valence-corrected chi connectivity index (χ3v) is 5.59. The van der Waals surface area contributed by atoms with Gasteiger partial charge in [-0.15, -0.1) is 5.10 Å². The van der Waals surface area contributed by atoms with E-state index in [1.807, 2.05) is 54.6 Å². The third-order valence-electron chi connectivity index (χ3n) is 3.67. The molecule has 1 aromatic heterocycles. The van der Waals surface area contributed by atoms with Gasteiger partial charge >= 0.3 is 5.69 Å². The van der Waals surface area contributed by atoms with Crippen molar-refractivity contribution in [1.29, 1.82) is 0 Å². The number of H-pyrrole nitrogens is 1. The molecule has 0 aliphatic heterocycles. The molecule has 0 saturated carbocycles. The fourth-order valence-corrected chi connectivity index (χ4v) is 3.67. The van der Waals surface area contributed by atoms with E-state index in [0.29, 0.717) is 11.7 Å². The topological polar surface area (TPSA) is 79.8 Å². The van der Waals surface area contributed by atoms with Crippen LogP contribution in [0.5, 0.6) is 0 Å². The van der Waals surface area contributed by atoms with Crippen LogP contribution < -0.4 is 11.0 Å². The Morgan fingerprint density at radius 1 is 1.15 bits per heavy atom. The van der Waals surface area contributed by atoms with E-state index < -0.39 is 0 Å². The van der Waals surface area contributed by atoms with Crippen LogP contribution in [-0.2, 0) is 17.8 Å². The van der Waals surface area contributed by atoms with Crippen molar-refractivity contribution < 1.29 is 4.79 Å². The van der Waals surface area contributed by atoms with E-state index in [1.54, 1.807) is 4.57 Å². The van der Waals surface area contributed by atoms with Crippen LogP contribution in [-0.4, -0.2) is 26.4 Å². The maximum absolute atomic E-state index is 12.2. The smallest absolute Gasteiger partial charge is 0.324 e. The van der Waals surface area contributed by atoms with Gasteiger partial charge in [0.25, 0.3) is 0 Å². The number of aryl methyl sites for hydroxylation is 1. The normalized spacial score (nSPS) is 10.7. The van der Waals surface area contributed by atoms with Gasteiger partial charge in [-0.2, -0.15) is 0 Å². The Bertz CT molecular complexity index is 940. The number of carbonyl (C=O) groups is 1. The molecule has 0 radical (unpaired) electrons. The first-order valence-electron chi connectivity index (χ1n) is 8.00. The monoisotopic (exact) mass is 480 g/mol. The van der Waals surface area contributed by atoms with Gasteiger partial charge in [0, 0.05) is 10.1 Å².